The van der Waals surface area contributed by atoms with Crippen LogP contribution in [-0.2, 0) is 6.42 Å². The highest BCUT2D eigenvalue weighted by Gasteiger charge is 2.28. The number of halogens is 1. The molecule has 3 aromatic carbocycles. The highest BCUT2D eigenvalue weighted by molar-refractivity contribution is 9.10. The number of amides is 1. The van der Waals surface area contributed by atoms with Crippen molar-refractivity contribution < 1.29 is 14.3 Å². The Morgan fingerprint density at radius 3 is 2.36 bits per heavy atom. The molecule has 0 saturated carbocycles. The summed E-state index contributed by atoms with van der Waals surface area (Å²) in [6, 6.07) is 18.2. The van der Waals surface area contributed by atoms with Crippen molar-refractivity contribution in [3.05, 3.63) is 92.4 Å². The Hall–Kier alpha value is -3.65. The van der Waals surface area contributed by atoms with Crippen LogP contribution in [0.1, 0.15) is 80.7 Å². The highest BCUT2D eigenvalue weighted by Crippen LogP contribution is 2.37. The summed E-state index contributed by atoms with van der Waals surface area (Å²) in [7, 11) is 3.13. The van der Waals surface area contributed by atoms with E-state index in [2.05, 4.69) is 41.9 Å². The largest absolute Gasteiger partial charge is 0.497 e. The first-order valence-electron chi connectivity index (χ1n) is 14.7. The molecule has 0 aliphatic rings. The third kappa shape index (κ3) is 6.70. The molecule has 0 aliphatic carbocycles. The van der Waals surface area contributed by atoms with Crippen LogP contribution in [0.4, 0.5) is 0 Å². The molecule has 1 aromatic heterocycles. The van der Waals surface area contributed by atoms with Gasteiger partial charge >= 0.3 is 0 Å². The van der Waals surface area contributed by atoms with Crippen molar-refractivity contribution in [1.29, 1.82) is 0 Å². The van der Waals surface area contributed by atoms with Gasteiger partial charge in [0.1, 0.15) is 17.3 Å². The molecular weight excluding hydrogens is 594 g/mol. The molecule has 4 aromatic rings. The van der Waals surface area contributed by atoms with Crippen LogP contribution >= 0.6 is 15.9 Å². The first-order valence-corrected chi connectivity index (χ1v) is 15.5. The van der Waals surface area contributed by atoms with Gasteiger partial charge in [0.25, 0.3) is 11.5 Å². The first-order chi connectivity index (χ1) is 20.3. The maximum absolute atomic E-state index is 14.1. The number of nitrogens with zero attached hydrogens (tertiary/aromatic N) is 3. The minimum absolute atomic E-state index is 0.0905. The molecule has 0 saturated heterocycles. The number of aromatic nitrogens is 2. The molecule has 1 atom stereocenters. The van der Waals surface area contributed by atoms with Crippen molar-refractivity contribution in [3.63, 3.8) is 0 Å². The average Bonchev–Trinajstić information content (AvgIpc) is 3.01. The van der Waals surface area contributed by atoms with E-state index in [1.165, 1.54) is 18.4 Å². The Labute approximate surface area is 256 Å². The lowest BCUT2D eigenvalue weighted by molar-refractivity contribution is 0.0678. The molecule has 1 heterocycles. The fourth-order valence-electron chi connectivity index (χ4n) is 5.15. The van der Waals surface area contributed by atoms with Crippen LogP contribution < -0.4 is 15.0 Å². The number of fused-ring (bicyclic) bond motifs is 1. The Kier molecular flexibility index (Phi) is 10.8. The number of carbonyl (C=O) groups excluding carboxylic acids is 1. The molecule has 0 fully saturated rings. The zero-order chi connectivity index (χ0) is 30.2. The molecule has 1 unspecified atom stereocenters. The second-order valence-electron chi connectivity index (χ2n) is 10.5. The van der Waals surface area contributed by atoms with E-state index in [0.717, 1.165) is 25.7 Å². The van der Waals surface area contributed by atoms with Crippen molar-refractivity contribution in [1.82, 2.24) is 14.5 Å². The van der Waals surface area contributed by atoms with Crippen LogP contribution in [0.5, 0.6) is 11.5 Å². The molecule has 0 N–H and O–H groups in total. The summed E-state index contributed by atoms with van der Waals surface area (Å²) in [5.74, 6) is 1.41. The summed E-state index contributed by atoms with van der Waals surface area (Å²) in [4.78, 5) is 35.0. The molecular formula is C34H40BrN3O4. The minimum Gasteiger partial charge on any atom is -0.497 e. The Morgan fingerprint density at radius 1 is 0.976 bits per heavy atom. The number of hydrogen-bond acceptors (Lipinski definition) is 5. The predicted octanol–water partition coefficient (Wildman–Crippen LogP) is 7.90. The average molecular weight is 635 g/mol. The number of methoxy groups -OCH3 is 2. The van der Waals surface area contributed by atoms with Gasteiger partial charge in [-0.25, -0.2) is 4.98 Å². The summed E-state index contributed by atoms with van der Waals surface area (Å²) >= 11 is 3.65. The Bertz CT molecular complexity index is 1580. The van der Waals surface area contributed by atoms with Crippen LogP contribution in [-0.4, -0.2) is 41.1 Å². The van der Waals surface area contributed by atoms with Crippen molar-refractivity contribution in [2.45, 2.75) is 65.3 Å². The van der Waals surface area contributed by atoms with Gasteiger partial charge in [0.2, 0.25) is 0 Å². The normalized spacial score (nSPS) is 11.9. The highest BCUT2D eigenvalue weighted by atomic mass is 79.9. The van der Waals surface area contributed by atoms with Gasteiger partial charge in [-0.05, 0) is 71.9 Å². The van der Waals surface area contributed by atoms with E-state index in [9.17, 15) is 9.59 Å². The summed E-state index contributed by atoms with van der Waals surface area (Å²) in [5.41, 5.74) is 2.71. The fraction of sp³-hybridized carbons (Fsp3) is 0.382. The van der Waals surface area contributed by atoms with E-state index in [4.69, 9.17) is 14.5 Å². The molecule has 0 radical (unpaired) electrons. The quantitative estimate of drug-likeness (QED) is 0.140. The van der Waals surface area contributed by atoms with Gasteiger partial charge in [0.05, 0.1) is 41.3 Å². The maximum Gasteiger partial charge on any atom is 0.266 e. The second-order valence-corrected chi connectivity index (χ2v) is 11.3. The van der Waals surface area contributed by atoms with Crippen LogP contribution in [0, 0.1) is 0 Å². The van der Waals surface area contributed by atoms with Crippen molar-refractivity contribution >= 4 is 32.7 Å². The van der Waals surface area contributed by atoms with Crippen LogP contribution in [0.15, 0.2) is 69.9 Å². The third-order valence-electron chi connectivity index (χ3n) is 7.62. The van der Waals surface area contributed by atoms with E-state index in [1.807, 2.05) is 42.2 Å². The third-order valence-corrected chi connectivity index (χ3v) is 8.41. The predicted molar refractivity (Wildman–Crippen MR) is 172 cm³/mol. The van der Waals surface area contributed by atoms with Gasteiger partial charge in [-0.15, -0.1) is 0 Å². The monoisotopic (exact) mass is 633 g/mol. The standard InChI is InChI=1S/C34H40BrN3O4/c1-6-8-10-13-24-16-18-25(19-17-24)33(39)37(20-9-7-2)23(3)32-36-28-15-12-11-14-27(28)34(40)38(32)29-21-26(41-4)22-30(42-5)31(29)35/h11-12,14-19,21-23H,6-10,13,20H2,1-5H3. The number of rotatable bonds is 13. The molecule has 222 valence electrons. The first kappa shape index (κ1) is 31.3. The van der Waals surface area contributed by atoms with Crippen LogP contribution in [0.25, 0.3) is 16.6 Å². The zero-order valence-corrected chi connectivity index (χ0v) is 26.7. The lowest BCUT2D eigenvalue weighted by atomic mass is 10.0. The lowest BCUT2D eigenvalue weighted by Crippen LogP contribution is -2.38. The maximum atomic E-state index is 14.1. The molecule has 4 rings (SSSR count). The van der Waals surface area contributed by atoms with Crippen LogP contribution in [0.3, 0.4) is 0 Å². The number of ether oxygens (including phenoxy) is 2. The minimum atomic E-state index is -0.519. The summed E-state index contributed by atoms with van der Waals surface area (Å²) in [6.07, 6.45) is 6.25. The topological polar surface area (TPSA) is 73.7 Å². The fourth-order valence-corrected chi connectivity index (χ4v) is 5.72. The van der Waals surface area contributed by atoms with Crippen molar-refractivity contribution in [2.75, 3.05) is 20.8 Å². The Balaban J connectivity index is 1.86. The number of aryl methyl sites for hydroxylation is 1. The van der Waals surface area contributed by atoms with E-state index in [1.54, 1.807) is 37.0 Å². The van der Waals surface area contributed by atoms with Crippen molar-refractivity contribution in [2.24, 2.45) is 0 Å². The van der Waals surface area contributed by atoms with Gasteiger partial charge in [-0.2, -0.15) is 0 Å². The Morgan fingerprint density at radius 2 is 1.69 bits per heavy atom. The van der Waals surface area contributed by atoms with Gasteiger partial charge in [0, 0.05) is 24.2 Å². The van der Waals surface area contributed by atoms with Gasteiger partial charge in [-0.3, -0.25) is 14.2 Å². The molecule has 0 bridgehead atoms. The molecule has 42 heavy (non-hydrogen) atoms. The summed E-state index contributed by atoms with van der Waals surface area (Å²) in [6.45, 7) is 6.76. The molecule has 0 aliphatic heterocycles. The van der Waals surface area contributed by atoms with Crippen LogP contribution in [0.2, 0.25) is 0 Å². The van der Waals surface area contributed by atoms with E-state index in [0.29, 0.717) is 50.5 Å². The number of benzene rings is 3. The summed E-state index contributed by atoms with van der Waals surface area (Å²) in [5, 5.41) is 0.479. The second kappa shape index (κ2) is 14.5. The molecule has 0 spiro atoms. The zero-order valence-electron chi connectivity index (χ0n) is 25.2. The lowest BCUT2D eigenvalue weighted by Gasteiger charge is -2.31. The van der Waals surface area contributed by atoms with E-state index >= 15 is 0 Å². The number of unbranched alkanes of at least 4 members (excludes halogenated alkanes) is 3. The van der Waals surface area contributed by atoms with Gasteiger partial charge in [0.15, 0.2) is 0 Å². The summed E-state index contributed by atoms with van der Waals surface area (Å²) < 4.78 is 13.3. The van der Waals surface area contributed by atoms with Gasteiger partial charge < -0.3 is 14.4 Å². The molecule has 1 amide bonds. The van der Waals surface area contributed by atoms with E-state index in [-0.39, 0.29) is 11.5 Å². The number of carbonyl (C=O) groups is 1. The molecule has 8 heteroatoms. The number of para-hydroxylation sites is 1. The smallest absolute Gasteiger partial charge is 0.266 e. The van der Waals surface area contributed by atoms with Crippen molar-refractivity contribution in [3.8, 4) is 17.2 Å². The van der Waals surface area contributed by atoms with E-state index < -0.39 is 6.04 Å². The number of hydrogen-bond donors (Lipinski definition) is 0. The molecule has 7 nitrogen and oxygen atoms in total. The van der Waals surface area contributed by atoms with Gasteiger partial charge in [-0.1, -0.05) is 57.4 Å². The SMILES string of the molecule is CCCCCc1ccc(C(=O)N(CCCC)C(C)c2nc3ccccc3c(=O)n2-c2cc(OC)cc(OC)c2Br)cc1.